The summed E-state index contributed by atoms with van der Waals surface area (Å²) in [7, 11) is 1.99. The third-order valence-corrected chi connectivity index (χ3v) is 5.76. The van der Waals surface area contributed by atoms with Crippen LogP contribution in [0.1, 0.15) is 42.3 Å². The van der Waals surface area contributed by atoms with Crippen molar-refractivity contribution in [1.29, 1.82) is 0 Å². The molecule has 0 fully saturated rings. The standard InChI is InChI=1S/C25H32FN3O3/c1-5-6-20-11-22-24(27-12-20)32-23(17(2)13-29(25(22)31)18(3)16-30)15-28(4)14-19-7-9-21(26)10-8-19/h5-12,17-18,23,30H,13-16H2,1-4H3/t17-,18-,23-/m0/s1. The Bertz CT molecular complexity index is 948. The molecule has 2 aromatic rings. The second-order valence-electron chi connectivity index (χ2n) is 8.57. The minimum absolute atomic E-state index is 0.00813. The minimum atomic E-state index is -0.320. The van der Waals surface area contributed by atoms with Crippen molar-refractivity contribution in [3.05, 3.63) is 65.1 Å². The molecule has 1 aliphatic rings. The number of aliphatic hydroxyl groups excluding tert-OH is 1. The van der Waals surface area contributed by atoms with Crippen LogP contribution in [0.4, 0.5) is 4.39 Å². The van der Waals surface area contributed by atoms with Gasteiger partial charge >= 0.3 is 0 Å². The maximum absolute atomic E-state index is 13.3. The van der Waals surface area contributed by atoms with Gasteiger partial charge in [-0.2, -0.15) is 0 Å². The number of fused-ring (bicyclic) bond motifs is 1. The van der Waals surface area contributed by atoms with Gasteiger partial charge in [-0.1, -0.05) is 31.2 Å². The van der Waals surface area contributed by atoms with Gasteiger partial charge in [0.25, 0.3) is 5.91 Å². The molecule has 172 valence electrons. The van der Waals surface area contributed by atoms with Gasteiger partial charge in [-0.25, -0.2) is 9.37 Å². The largest absolute Gasteiger partial charge is 0.472 e. The number of benzene rings is 1. The lowest BCUT2D eigenvalue weighted by atomic mass is 9.99. The summed E-state index contributed by atoms with van der Waals surface area (Å²) in [5.74, 6) is -0.125. The molecule has 1 aromatic heterocycles. The molecule has 0 saturated carbocycles. The number of nitrogens with zero attached hydrogens (tertiary/aromatic N) is 3. The zero-order chi connectivity index (χ0) is 23.3. The van der Waals surface area contributed by atoms with Crippen LogP contribution < -0.4 is 4.74 Å². The van der Waals surface area contributed by atoms with Crippen LogP contribution in [0, 0.1) is 11.7 Å². The van der Waals surface area contributed by atoms with E-state index in [-0.39, 0.29) is 36.4 Å². The van der Waals surface area contributed by atoms with Crippen LogP contribution in [0.5, 0.6) is 5.88 Å². The van der Waals surface area contributed by atoms with E-state index in [2.05, 4.69) is 9.88 Å². The van der Waals surface area contributed by atoms with E-state index in [0.29, 0.717) is 31.1 Å². The fourth-order valence-electron chi connectivity index (χ4n) is 3.89. The molecule has 0 unspecified atom stereocenters. The highest BCUT2D eigenvalue weighted by molar-refractivity contribution is 5.97. The number of ether oxygens (including phenoxy) is 1. The Morgan fingerprint density at radius 3 is 2.75 bits per heavy atom. The van der Waals surface area contributed by atoms with Crippen molar-refractivity contribution in [2.75, 3.05) is 26.7 Å². The maximum Gasteiger partial charge on any atom is 0.259 e. The second kappa shape index (κ2) is 10.7. The van der Waals surface area contributed by atoms with E-state index >= 15 is 0 Å². The SMILES string of the molecule is CC=Cc1cnc2c(c1)C(=O)N([C@@H](C)CO)C[C@H](C)[C@H](CN(C)Cc1ccc(F)cc1)O2. The number of carbonyl (C=O) groups excluding carboxylic acids is 1. The maximum atomic E-state index is 13.3. The molecule has 0 spiro atoms. The van der Waals surface area contributed by atoms with Crippen LogP contribution >= 0.6 is 0 Å². The number of rotatable bonds is 7. The fraction of sp³-hybridized carbons (Fsp3) is 0.440. The highest BCUT2D eigenvalue weighted by Crippen LogP contribution is 2.28. The quantitative estimate of drug-likeness (QED) is 0.711. The summed E-state index contributed by atoms with van der Waals surface area (Å²) in [6, 6.07) is 7.94. The molecule has 6 nitrogen and oxygen atoms in total. The number of aliphatic hydroxyl groups is 1. The van der Waals surface area contributed by atoms with Gasteiger partial charge in [-0.05, 0) is 50.2 Å². The van der Waals surface area contributed by atoms with Crippen LogP contribution in [-0.2, 0) is 6.54 Å². The monoisotopic (exact) mass is 441 g/mol. The van der Waals surface area contributed by atoms with E-state index in [9.17, 15) is 14.3 Å². The second-order valence-corrected chi connectivity index (χ2v) is 8.57. The number of amides is 1. The molecule has 1 aliphatic heterocycles. The van der Waals surface area contributed by atoms with Crippen molar-refractivity contribution in [3.63, 3.8) is 0 Å². The van der Waals surface area contributed by atoms with Crippen LogP contribution in [0.25, 0.3) is 6.08 Å². The molecule has 3 rings (SSSR count). The van der Waals surface area contributed by atoms with Gasteiger partial charge in [0.1, 0.15) is 17.5 Å². The van der Waals surface area contributed by atoms with Gasteiger partial charge in [0.05, 0.1) is 12.6 Å². The fourth-order valence-corrected chi connectivity index (χ4v) is 3.89. The lowest BCUT2D eigenvalue weighted by Gasteiger charge is -2.37. The lowest BCUT2D eigenvalue weighted by molar-refractivity contribution is 0.0325. The van der Waals surface area contributed by atoms with Gasteiger partial charge in [-0.15, -0.1) is 0 Å². The summed E-state index contributed by atoms with van der Waals surface area (Å²) in [5.41, 5.74) is 2.23. The Kier molecular flexibility index (Phi) is 7.99. The van der Waals surface area contributed by atoms with Crippen molar-refractivity contribution >= 4 is 12.0 Å². The molecule has 32 heavy (non-hydrogen) atoms. The number of allylic oxidation sites excluding steroid dienone is 1. The molecule has 1 amide bonds. The average molecular weight is 442 g/mol. The van der Waals surface area contributed by atoms with E-state index in [1.54, 1.807) is 29.3 Å². The summed E-state index contributed by atoms with van der Waals surface area (Å²) in [4.78, 5) is 21.6. The van der Waals surface area contributed by atoms with Crippen LogP contribution in [-0.4, -0.2) is 64.7 Å². The molecule has 2 heterocycles. The Hall–Kier alpha value is -2.77. The normalized spacial score (nSPS) is 20.1. The molecule has 0 radical (unpaired) electrons. The summed E-state index contributed by atoms with van der Waals surface area (Å²) < 4.78 is 19.5. The van der Waals surface area contributed by atoms with Crippen molar-refractivity contribution in [2.45, 2.75) is 39.5 Å². The zero-order valence-corrected chi connectivity index (χ0v) is 19.2. The zero-order valence-electron chi connectivity index (χ0n) is 19.2. The molecular weight excluding hydrogens is 409 g/mol. The minimum Gasteiger partial charge on any atom is -0.472 e. The Morgan fingerprint density at radius 1 is 1.38 bits per heavy atom. The molecule has 0 aliphatic carbocycles. The summed E-state index contributed by atoms with van der Waals surface area (Å²) in [6.07, 6.45) is 5.25. The molecule has 0 saturated heterocycles. The summed E-state index contributed by atoms with van der Waals surface area (Å²) in [6.45, 7) is 7.37. The van der Waals surface area contributed by atoms with Gasteiger partial charge in [-0.3, -0.25) is 9.69 Å². The Morgan fingerprint density at radius 2 is 2.09 bits per heavy atom. The number of carbonyl (C=O) groups is 1. The van der Waals surface area contributed by atoms with Crippen LogP contribution in [0.15, 0.2) is 42.6 Å². The summed E-state index contributed by atoms with van der Waals surface area (Å²) >= 11 is 0. The average Bonchev–Trinajstić information content (AvgIpc) is 2.77. The third kappa shape index (κ3) is 5.72. The van der Waals surface area contributed by atoms with Gasteiger partial charge < -0.3 is 14.7 Å². The number of pyridine rings is 1. The van der Waals surface area contributed by atoms with Crippen molar-refractivity contribution in [3.8, 4) is 5.88 Å². The Balaban J connectivity index is 1.88. The first-order valence-electron chi connectivity index (χ1n) is 11.0. The van der Waals surface area contributed by atoms with E-state index < -0.39 is 0 Å². The van der Waals surface area contributed by atoms with E-state index in [4.69, 9.17) is 4.74 Å². The lowest BCUT2D eigenvalue weighted by Crippen LogP contribution is -2.49. The van der Waals surface area contributed by atoms with Crippen LogP contribution in [0.2, 0.25) is 0 Å². The highest BCUT2D eigenvalue weighted by Gasteiger charge is 2.34. The third-order valence-electron chi connectivity index (χ3n) is 5.76. The first-order chi connectivity index (χ1) is 15.3. The van der Waals surface area contributed by atoms with Gasteiger partial charge in [0, 0.05) is 31.7 Å². The smallest absolute Gasteiger partial charge is 0.259 e. The predicted octanol–water partition coefficient (Wildman–Crippen LogP) is 3.61. The van der Waals surface area contributed by atoms with Gasteiger partial charge in [0.15, 0.2) is 0 Å². The van der Waals surface area contributed by atoms with Crippen molar-refractivity contribution in [1.82, 2.24) is 14.8 Å². The number of hydrogen-bond acceptors (Lipinski definition) is 5. The number of halogens is 1. The number of likely N-dealkylation sites (N-methyl/N-ethyl adjacent to an activating group) is 1. The van der Waals surface area contributed by atoms with Crippen LogP contribution in [0.3, 0.4) is 0 Å². The first-order valence-corrected chi connectivity index (χ1v) is 11.0. The van der Waals surface area contributed by atoms with E-state index in [0.717, 1.165) is 11.1 Å². The predicted molar refractivity (Wildman–Crippen MR) is 123 cm³/mol. The summed E-state index contributed by atoms with van der Waals surface area (Å²) in [5, 5.41) is 9.75. The number of aromatic nitrogens is 1. The molecule has 7 heteroatoms. The Labute approximate surface area is 189 Å². The van der Waals surface area contributed by atoms with Gasteiger partial charge in [0.2, 0.25) is 5.88 Å². The molecule has 1 N–H and O–H groups in total. The van der Waals surface area contributed by atoms with Crippen molar-refractivity contribution in [2.24, 2.45) is 5.92 Å². The molecule has 0 bridgehead atoms. The molecule has 1 aromatic carbocycles. The molecule has 3 atom stereocenters. The number of hydrogen-bond donors (Lipinski definition) is 1. The van der Waals surface area contributed by atoms with E-state index in [1.807, 2.05) is 40.0 Å². The topological polar surface area (TPSA) is 65.9 Å². The van der Waals surface area contributed by atoms with Crippen molar-refractivity contribution < 1.29 is 19.0 Å². The molecular formula is C25H32FN3O3. The first kappa shape index (κ1) is 23.9. The van der Waals surface area contributed by atoms with E-state index in [1.165, 1.54) is 12.1 Å². The highest BCUT2D eigenvalue weighted by atomic mass is 19.1.